The summed E-state index contributed by atoms with van der Waals surface area (Å²) in [7, 11) is 0. The van der Waals surface area contributed by atoms with E-state index in [2.05, 4.69) is 10.1 Å². The zero-order valence-electron chi connectivity index (χ0n) is 10.1. The van der Waals surface area contributed by atoms with Gasteiger partial charge in [0.2, 0.25) is 0 Å². The Morgan fingerprint density at radius 2 is 2.10 bits per heavy atom. The van der Waals surface area contributed by atoms with E-state index in [0.717, 1.165) is 12.1 Å². The molecule has 3 heterocycles. The van der Waals surface area contributed by atoms with Crippen molar-refractivity contribution >= 4 is 22.5 Å². The van der Waals surface area contributed by atoms with Gasteiger partial charge in [0.25, 0.3) is 5.24 Å². The number of carbonyl (C=O) groups excluding carboxylic acids is 1. The lowest BCUT2D eigenvalue weighted by Gasteiger charge is -2.09. The maximum atomic E-state index is 13.1. The second kappa shape index (κ2) is 4.59. The molecule has 0 radical (unpaired) electrons. The van der Waals surface area contributed by atoms with Gasteiger partial charge in [-0.15, -0.1) is 0 Å². The van der Waals surface area contributed by atoms with Gasteiger partial charge in [-0.2, -0.15) is 18.3 Å². The summed E-state index contributed by atoms with van der Waals surface area (Å²) in [6.45, 7) is 0. The minimum absolute atomic E-state index is 0.0201. The van der Waals surface area contributed by atoms with E-state index in [4.69, 9.17) is 16.0 Å². The Bertz CT molecular complexity index is 824. The van der Waals surface area contributed by atoms with Gasteiger partial charge in [0.1, 0.15) is 11.4 Å². The molecule has 0 aliphatic heterocycles. The van der Waals surface area contributed by atoms with Crippen molar-refractivity contribution in [2.75, 3.05) is 0 Å². The second-order valence-corrected chi connectivity index (χ2v) is 4.42. The van der Waals surface area contributed by atoms with Crippen LogP contribution in [0.5, 0.6) is 0 Å². The van der Waals surface area contributed by atoms with Gasteiger partial charge < -0.3 is 4.42 Å². The normalized spacial score (nSPS) is 12.0. The van der Waals surface area contributed by atoms with Crippen LogP contribution in [0.1, 0.15) is 16.2 Å². The highest BCUT2D eigenvalue weighted by Gasteiger charge is 2.35. The van der Waals surface area contributed by atoms with Crippen LogP contribution in [-0.2, 0) is 6.18 Å². The van der Waals surface area contributed by atoms with E-state index < -0.39 is 17.1 Å². The number of rotatable bonds is 2. The van der Waals surface area contributed by atoms with Crippen molar-refractivity contribution < 1.29 is 22.4 Å². The van der Waals surface area contributed by atoms with Gasteiger partial charge >= 0.3 is 6.18 Å². The number of hydrogen-bond acceptors (Lipinski definition) is 4. The monoisotopic (exact) mass is 315 g/mol. The minimum atomic E-state index is -4.68. The first-order valence-corrected chi connectivity index (χ1v) is 5.96. The topological polar surface area (TPSA) is 60.4 Å². The number of aromatic nitrogens is 3. The summed E-state index contributed by atoms with van der Waals surface area (Å²) >= 11 is 5.24. The summed E-state index contributed by atoms with van der Waals surface area (Å²) in [5, 5.41) is 2.56. The molecule has 0 unspecified atom stereocenters. The van der Waals surface area contributed by atoms with Crippen LogP contribution < -0.4 is 0 Å². The second-order valence-electron chi connectivity index (χ2n) is 4.07. The predicted octanol–water partition coefficient (Wildman–Crippen LogP) is 3.39. The van der Waals surface area contributed by atoms with E-state index in [1.807, 2.05) is 0 Å². The molecular weight excluding hydrogens is 311 g/mol. The number of alkyl halides is 3. The van der Waals surface area contributed by atoms with Crippen LogP contribution >= 0.6 is 11.6 Å². The number of halogens is 4. The van der Waals surface area contributed by atoms with Crippen LogP contribution in [0.15, 0.2) is 34.9 Å². The molecule has 0 aliphatic rings. The van der Waals surface area contributed by atoms with Gasteiger partial charge in [-0.25, -0.2) is 9.50 Å². The molecule has 0 aliphatic carbocycles. The largest absolute Gasteiger partial charge is 0.463 e. The van der Waals surface area contributed by atoms with Crippen LogP contribution in [0, 0.1) is 0 Å². The lowest BCUT2D eigenvalue weighted by Crippen LogP contribution is -2.13. The van der Waals surface area contributed by atoms with Crippen LogP contribution in [0.4, 0.5) is 13.2 Å². The molecule has 0 aromatic carbocycles. The molecule has 0 bridgehead atoms. The van der Waals surface area contributed by atoms with E-state index in [1.165, 1.54) is 18.4 Å². The van der Waals surface area contributed by atoms with Crippen LogP contribution in [0.3, 0.4) is 0 Å². The Labute approximate surface area is 120 Å². The zero-order chi connectivity index (χ0) is 15.2. The van der Waals surface area contributed by atoms with Gasteiger partial charge in [-0.3, -0.25) is 4.79 Å². The fraction of sp³-hybridized carbons (Fsp3) is 0.0833. The maximum absolute atomic E-state index is 13.1. The molecule has 21 heavy (non-hydrogen) atoms. The summed E-state index contributed by atoms with van der Waals surface area (Å²) in [5.74, 6) is 0.169. The molecule has 0 saturated heterocycles. The number of furan rings is 1. The first kappa shape index (κ1) is 13.6. The summed E-state index contributed by atoms with van der Waals surface area (Å²) in [6.07, 6.45) is -3.36. The lowest BCUT2D eigenvalue weighted by molar-refractivity contribution is -0.142. The average molecular weight is 316 g/mol. The highest BCUT2D eigenvalue weighted by Crippen LogP contribution is 2.32. The Balaban J connectivity index is 2.32. The molecule has 0 N–H and O–H groups in total. The molecule has 3 aromatic rings. The minimum Gasteiger partial charge on any atom is -0.463 e. The summed E-state index contributed by atoms with van der Waals surface area (Å²) in [4.78, 5) is 15.0. The smallest absolute Gasteiger partial charge is 0.433 e. The van der Waals surface area contributed by atoms with Crippen molar-refractivity contribution in [1.29, 1.82) is 0 Å². The van der Waals surface area contributed by atoms with E-state index >= 15 is 0 Å². The van der Waals surface area contributed by atoms with Gasteiger partial charge in [-0.1, -0.05) is 0 Å². The Morgan fingerprint density at radius 3 is 2.67 bits per heavy atom. The molecular formula is C12H5ClF3N3O2. The van der Waals surface area contributed by atoms with Gasteiger partial charge in [-0.05, 0) is 29.8 Å². The Morgan fingerprint density at radius 1 is 1.33 bits per heavy atom. The Hall–Kier alpha value is -2.35. The molecule has 108 valence electrons. The van der Waals surface area contributed by atoms with E-state index in [-0.39, 0.29) is 22.8 Å². The summed E-state index contributed by atoms with van der Waals surface area (Å²) in [6, 6.07) is 4.87. The van der Waals surface area contributed by atoms with Crippen molar-refractivity contribution in [3.8, 4) is 11.5 Å². The highest BCUT2D eigenvalue weighted by molar-refractivity contribution is 6.67. The number of carbonyl (C=O) groups is 1. The number of fused-ring (bicyclic) bond motifs is 1. The van der Waals surface area contributed by atoms with Crippen molar-refractivity contribution in [3.05, 3.63) is 41.9 Å². The van der Waals surface area contributed by atoms with Crippen LogP contribution in [0.2, 0.25) is 0 Å². The summed E-state index contributed by atoms with van der Waals surface area (Å²) < 4.78 is 44.9. The molecule has 0 spiro atoms. The molecule has 3 aromatic heterocycles. The summed E-state index contributed by atoms with van der Waals surface area (Å²) in [5.41, 5.74) is -1.57. The quantitative estimate of drug-likeness (QED) is 0.680. The van der Waals surface area contributed by atoms with Gasteiger partial charge in [0, 0.05) is 6.07 Å². The first-order chi connectivity index (χ1) is 9.86. The van der Waals surface area contributed by atoms with Crippen LogP contribution in [0.25, 0.3) is 17.1 Å². The van der Waals surface area contributed by atoms with Crippen LogP contribution in [-0.4, -0.2) is 19.8 Å². The molecule has 3 rings (SSSR count). The lowest BCUT2D eigenvalue weighted by atomic mass is 10.2. The standard InChI is InChI=1S/C12H5ClF3N3O2/c13-11(20)7-5-10-17-6(8-2-1-3-21-8)4-9(12(14,15)16)19(10)18-7/h1-5H. The number of hydrogen-bond donors (Lipinski definition) is 0. The maximum Gasteiger partial charge on any atom is 0.433 e. The van der Waals surface area contributed by atoms with E-state index in [9.17, 15) is 18.0 Å². The fourth-order valence-electron chi connectivity index (χ4n) is 1.82. The Kier molecular flexibility index (Phi) is 2.98. The van der Waals surface area contributed by atoms with E-state index in [0.29, 0.717) is 4.52 Å². The predicted molar refractivity (Wildman–Crippen MR) is 65.9 cm³/mol. The van der Waals surface area contributed by atoms with Crippen molar-refractivity contribution in [1.82, 2.24) is 14.6 Å². The van der Waals surface area contributed by atoms with Crippen molar-refractivity contribution in [2.24, 2.45) is 0 Å². The van der Waals surface area contributed by atoms with Crippen molar-refractivity contribution in [2.45, 2.75) is 6.18 Å². The molecule has 5 nitrogen and oxygen atoms in total. The fourth-order valence-corrected chi connectivity index (χ4v) is 1.92. The average Bonchev–Trinajstić information content (AvgIpc) is 3.05. The van der Waals surface area contributed by atoms with E-state index in [1.54, 1.807) is 0 Å². The third-order valence-corrected chi connectivity index (χ3v) is 2.89. The third-order valence-electron chi connectivity index (χ3n) is 2.69. The third kappa shape index (κ3) is 2.38. The molecule has 0 fully saturated rings. The first-order valence-electron chi connectivity index (χ1n) is 5.58. The molecule has 0 saturated carbocycles. The molecule has 9 heteroatoms. The molecule has 0 atom stereocenters. The SMILES string of the molecule is O=C(Cl)c1cc2nc(-c3ccco3)cc(C(F)(F)F)n2n1. The van der Waals surface area contributed by atoms with Crippen molar-refractivity contribution in [3.63, 3.8) is 0 Å². The highest BCUT2D eigenvalue weighted by atomic mass is 35.5. The van der Waals surface area contributed by atoms with Gasteiger partial charge in [0.05, 0.1) is 6.26 Å². The molecule has 0 amide bonds. The zero-order valence-corrected chi connectivity index (χ0v) is 10.8. The van der Waals surface area contributed by atoms with Gasteiger partial charge in [0.15, 0.2) is 17.1 Å². The number of nitrogens with zero attached hydrogens (tertiary/aromatic N) is 3.